The first-order valence-electron chi connectivity index (χ1n) is 10.1. The molecule has 0 aliphatic heterocycles. The number of nitrogens with zero attached hydrogens (tertiary/aromatic N) is 1. The SMILES string of the molecule is COc1ccc(-c2c(N(C)S(C)(=O)=O)[nH]c3c(C(=O)C(=O)c4ccccc4)cccc23)cc1. The van der Waals surface area contributed by atoms with Gasteiger partial charge in [-0.1, -0.05) is 54.6 Å². The van der Waals surface area contributed by atoms with Crippen LogP contribution in [0.3, 0.4) is 0 Å². The standard InChI is InChI=1S/C25H22N2O5S/c1-27(33(3,30)31)25-21(16-12-14-18(32-2)15-13-16)19-10-7-11-20(22(19)26-25)24(29)23(28)17-8-5-4-6-9-17/h4-15,26H,1-3H3. The zero-order chi connectivity index (χ0) is 23.8. The number of benzene rings is 3. The number of hydrogen-bond acceptors (Lipinski definition) is 5. The summed E-state index contributed by atoms with van der Waals surface area (Å²) in [5.74, 6) is -0.365. The van der Waals surface area contributed by atoms with Crippen LogP contribution in [0.4, 0.5) is 5.82 Å². The molecule has 8 heteroatoms. The summed E-state index contributed by atoms with van der Waals surface area (Å²) in [5, 5.41) is 0.623. The summed E-state index contributed by atoms with van der Waals surface area (Å²) in [6.45, 7) is 0. The van der Waals surface area contributed by atoms with Crippen LogP contribution in [-0.2, 0) is 10.0 Å². The summed E-state index contributed by atoms with van der Waals surface area (Å²) in [7, 11) is -0.619. The van der Waals surface area contributed by atoms with E-state index in [1.807, 2.05) is 12.1 Å². The van der Waals surface area contributed by atoms with Gasteiger partial charge in [-0.3, -0.25) is 13.9 Å². The Hall–Kier alpha value is -3.91. The number of Topliss-reactive ketones (excluding diaryl/α,β-unsaturated/α-hetero) is 2. The molecule has 0 amide bonds. The Balaban J connectivity index is 1.94. The molecule has 3 aromatic carbocycles. The number of para-hydroxylation sites is 1. The number of aromatic nitrogens is 1. The van der Waals surface area contributed by atoms with E-state index in [1.165, 1.54) is 7.05 Å². The third-order valence-corrected chi connectivity index (χ3v) is 6.67. The van der Waals surface area contributed by atoms with E-state index in [0.717, 1.165) is 16.1 Å². The fraction of sp³-hybridized carbons (Fsp3) is 0.120. The van der Waals surface area contributed by atoms with Crippen molar-refractivity contribution in [3.05, 3.63) is 83.9 Å². The molecular weight excluding hydrogens is 440 g/mol. The number of nitrogens with one attached hydrogen (secondary N) is 1. The van der Waals surface area contributed by atoms with Crippen LogP contribution in [0.2, 0.25) is 0 Å². The average Bonchev–Trinajstić information content (AvgIpc) is 3.22. The smallest absolute Gasteiger partial charge is 0.235 e. The third-order valence-electron chi connectivity index (χ3n) is 5.49. The van der Waals surface area contributed by atoms with Gasteiger partial charge in [0.15, 0.2) is 0 Å². The monoisotopic (exact) mass is 462 g/mol. The summed E-state index contributed by atoms with van der Waals surface area (Å²) in [4.78, 5) is 29.1. The van der Waals surface area contributed by atoms with E-state index in [4.69, 9.17) is 4.74 Å². The Labute approximate surface area is 191 Å². The van der Waals surface area contributed by atoms with Gasteiger partial charge in [0.25, 0.3) is 0 Å². The van der Waals surface area contributed by atoms with Crippen LogP contribution in [-0.4, -0.2) is 45.4 Å². The molecule has 0 unspecified atom stereocenters. The van der Waals surface area contributed by atoms with E-state index in [9.17, 15) is 18.0 Å². The Morgan fingerprint density at radius 2 is 1.55 bits per heavy atom. The van der Waals surface area contributed by atoms with E-state index in [0.29, 0.717) is 28.0 Å². The predicted octanol–water partition coefficient (Wildman–Crippen LogP) is 4.30. The Bertz CT molecular complexity index is 1460. The molecule has 0 atom stereocenters. The van der Waals surface area contributed by atoms with Crippen LogP contribution in [0.1, 0.15) is 20.7 Å². The summed E-state index contributed by atoms with van der Waals surface area (Å²) in [6, 6.07) is 20.5. The first-order valence-corrected chi connectivity index (χ1v) is 11.9. The fourth-order valence-corrected chi connectivity index (χ4v) is 4.16. The van der Waals surface area contributed by atoms with E-state index >= 15 is 0 Å². The highest BCUT2D eigenvalue weighted by atomic mass is 32.2. The lowest BCUT2D eigenvalue weighted by molar-refractivity contribution is 0.0818. The van der Waals surface area contributed by atoms with Gasteiger partial charge in [0.05, 0.1) is 24.4 Å². The number of aromatic amines is 1. The van der Waals surface area contributed by atoms with Gasteiger partial charge in [-0.2, -0.15) is 0 Å². The Kier molecular flexibility index (Phi) is 5.78. The number of rotatable bonds is 7. The normalized spacial score (nSPS) is 11.4. The molecule has 0 fully saturated rings. The second kappa shape index (κ2) is 8.55. The molecule has 4 rings (SSSR count). The topological polar surface area (TPSA) is 96.5 Å². The van der Waals surface area contributed by atoms with Crippen molar-refractivity contribution in [2.24, 2.45) is 0 Å². The molecule has 1 heterocycles. The van der Waals surface area contributed by atoms with Crippen molar-refractivity contribution >= 4 is 38.3 Å². The lowest BCUT2D eigenvalue weighted by atomic mass is 9.97. The number of ether oxygens (including phenoxy) is 1. The molecule has 4 aromatic rings. The van der Waals surface area contributed by atoms with Gasteiger partial charge in [0, 0.05) is 23.6 Å². The van der Waals surface area contributed by atoms with Crippen molar-refractivity contribution in [1.82, 2.24) is 4.98 Å². The number of hydrogen-bond donors (Lipinski definition) is 1. The van der Waals surface area contributed by atoms with Crippen molar-refractivity contribution in [3.8, 4) is 16.9 Å². The summed E-state index contributed by atoms with van der Waals surface area (Å²) >= 11 is 0. The zero-order valence-electron chi connectivity index (χ0n) is 18.3. The number of methoxy groups -OCH3 is 1. The molecule has 0 radical (unpaired) electrons. The van der Waals surface area contributed by atoms with E-state index in [-0.39, 0.29) is 11.1 Å². The van der Waals surface area contributed by atoms with E-state index in [2.05, 4.69) is 4.98 Å². The maximum absolute atomic E-state index is 13.1. The van der Waals surface area contributed by atoms with Crippen LogP contribution < -0.4 is 9.04 Å². The summed E-state index contributed by atoms with van der Waals surface area (Å²) in [6.07, 6.45) is 1.10. The molecule has 0 saturated carbocycles. The van der Waals surface area contributed by atoms with Crippen molar-refractivity contribution < 1.29 is 22.7 Å². The number of carbonyl (C=O) groups is 2. The van der Waals surface area contributed by atoms with Gasteiger partial charge in [-0.05, 0) is 23.8 Å². The van der Waals surface area contributed by atoms with Crippen LogP contribution in [0.25, 0.3) is 22.0 Å². The minimum atomic E-state index is -3.61. The molecule has 1 N–H and O–H groups in total. The first kappa shape index (κ1) is 22.3. The second-order valence-electron chi connectivity index (χ2n) is 7.56. The number of anilines is 1. The largest absolute Gasteiger partial charge is 0.497 e. The van der Waals surface area contributed by atoms with Gasteiger partial charge >= 0.3 is 0 Å². The van der Waals surface area contributed by atoms with Crippen molar-refractivity contribution in [3.63, 3.8) is 0 Å². The number of ketones is 2. The Morgan fingerprint density at radius 1 is 0.879 bits per heavy atom. The molecule has 1 aromatic heterocycles. The maximum atomic E-state index is 13.1. The van der Waals surface area contributed by atoms with Crippen molar-refractivity contribution in [1.29, 1.82) is 0 Å². The molecule has 33 heavy (non-hydrogen) atoms. The second-order valence-corrected chi connectivity index (χ2v) is 9.57. The molecule has 0 aliphatic carbocycles. The van der Waals surface area contributed by atoms with Gasteiger partial charge < -0.3 is 9.72 Å². The number of fused-ring (bicyclic) bond motifs is 1. The third kappa shape index (κ3) is 4.12. The van der Waals surface area contributed by atoms with Crippen molar-refractivity contribution in [2.75, 3.05) is 24.7 Å². The first-order chi connectivity index (χ1) is 15.7. The molecule has 7 nitrogen and oxygen atoms in total. The predicted molar refractivity (Wildman–Crippen MR) is 129 cm³/mol. The molecular formula is C25H22N2O5S. The number of carbonyl (C=O) groups excluding carboxylic acids is 2. The molecule has 0 bridgehead atoms. The summed E-state index contributed by atoms with van der Waals surface area (Å²) < 4.78 is 31.1. The van der Waals surface area contributed by atoms with Gasteiger partial charge in [0.2, 0.25) is 21.6 Å². The minimum Gasteiger partial charge on any atom is -0.497 e. The van der Waals surface area contributed by atoms with Crippen LogP contribution >= 0.6 is 0 Å². The van der Waals surface area contributed by atoms with Gasteiger partial charge in [-0.15, -0.1) is 0 Å². The highest BCUT2D eigenvalue weighted by Crippen LogP contribution is 2.40. The van der Waals surface area contributed by atoms with Crippen LogP contribution in [0, 0.1) is 0 Å². The fourth-order valence-electron chi connectivity index (χ4n) is 3.69. The van der Waals surface area contributed by atoms with Gasteiger partial charge in [0.1, 0.15) is 11.6 Å². The Morgan fingerprint density at radius 3 is 2.15 bits per heavy atom. The van der Waals surface area contributed by atoms with Crippen LogP contribution in [0.5, 0.6) is 5.75 Å². The molecule has 0 saturated heterocycles. The van der Waals surface area contributed by atoms with E-state index < -0.39 is 21.6 Å². The number of sulfonamides is 1. The lowest BCUT2D eigenvalue weighted by Crippen LogP contribution is -2.25. The van der Waals surface area contributed by atoms with Crippen LogP contribution in [0.15, 0.2) is 72.8 Å². The zero-order valence-corrected chi connectivity index (χ0v) is 19.1. The highest BCUT2D eigenvalue weighted by Gasteiger charge is 2.26. The molecule has 0 spiro atoms. The molecule has 0 aliphatic rings. The van der Waals surface area contributed by atoms with Crippen molar-refractivity contribution in [2.45, 2.75) is 0 Å². The van der Waals surface area contributed by atoms with Gasteiger partial charge in [-0.25, -0.2) is 8.42 Å². The molecule has 168 valence electrons. The maximum Gasteiger partial charge on any atom is 0.235 e. The highest BCUT2D eigenvalue weighted by molar-refractivity contribution is 7.92. The average molecular weight is 463 g/mol. The van der Waals surface area contributed by atoms with E-state index in [1.54, 1.807) is 67.8 Å². The lowest BCUT2D eigenvalue weighted by Gasteiger charge is -2.17. The summed E-state index contributed by atoms with van der Waals surface area (Å²) in [5.41, 5.74) is 2.18. The minimum absolute atomic E-state index is 0.171. The quantitative estimate of drug-likeness (QED) is 0.326. The number of H-pyrrole nitrogens is 1.